The smallest absolute Gasteiger partial charge is 0.233 e. The maximum absolute atomic E-state index is 12.4. The minimum Gasteiger partial charge on any atom is -0.361 e. The third-order valence-corrected chi connectivity index (χ3v) is 4.57. The van der Waals surface area contributed by atoms with E-state index in [2.05, 4.69) is 10.1 Å². The molecule has 5 nitrogen and oxygen atoms in total. The van der Waals surface area contributed by atoms with Crippen molar-refractivity contribution >= 4 is 32.6 Å². The first-order valence-electron chi connectivity index (χ1n) is 6.60. The maximum atomic E-state index is 12.4. The first-order valence-corrected chi connectivity index (χ1v) is 7.42. The van der Waals surface area contributed by atoms with E-state index in [1.165, 1.54) is 11.3 Å². The minimum absolute atomic E-state index is 0.0246. The normalized spacial score (nSPS) is 11.0. The molecular formula is C15H15N3O2S. The van der Waals surface area contributed by atoms with Crippen molar-refractivity contribution in [2.75, 3.05) is 11.9 Å². The molecule has 0 aliphatic carbocycles. The quantitative estimate of drug-likeness (QED) is 0.746. The van der Waals surface area contributed by atoms with Crippen molar-refractivity contribution in [2.24, 2.45) is 0 Å². The summed E-state index contributed by atoms with van der Waals surface area (Å²) < 4.78 is 6.17. The standard InChI is InChI=1S/C15H15N3O2S/c1-9-11(10(2)20-17-9)8-14(19)18(3)15-16-12-6-4-5-7-13(12)21-15/h4-7H,8H2,1-3H3. The number of carbonyl (C=O) groups is 1. The molecule has 108 valence electrons. The molecule has 0 bridgehead atoms. The molecule has 0 spiro atoms. The van der Waals surface area contributed by atoms with E-state index in [1.54, 1.807) is 11.9 Å². The Hall–Kier alpha value is -2.21. The largest absolute Gasteiger partial charge is 0.361 e. The van der Waals surface area contributed by atoms with E-state index in [0.29, 0.717) is 10.9 Å². The van der Waals surface area contributed by atoms with Crippen LogP contribution in [0.25, 0.3) is 10.2 Å². The van der Waals surface area contributed by atoms with Crippen LogP contribution >= 0.6 is 11.3 Å². The van der Waals surface area contributed by atoms with Crippen LogP contribution in [0.2, 0.25) is 0 Å². The number of benzene rings is 1. The molecular weight excluding hydrogens is 286 g/mol. The average Bonchev–Trinajstić information content (AvgIpc) is 3.04. The van der Waals surface area contributed by atoms with Gasteiger partial charge in [0.15, 0.2) is 5.13 Å². The van der Waals surface area contributed by atoms with Crippen molar-refractivity contribution in [3.8, 4) is 0 Å². The highest BCUT2D eigenvalue weighted by Gasteiger charge is 2.19. The number of aryl methyl sites for hydroxylation is 2. The summed E-state index contributed by atoms with van der Waals surface area (Å²) in [4.78, 5) is 18.5. The molecule has 0 aliphatic heterocycles. The molecule has 0 saturated carbocycles. The summed E-state index contributed by atoms with van der Waals surface area (Å²) in [7, 11) is 1.75. The van der Waals surface area contributed by atoms with Gasteiger partial charge in [-0.05, 0) is 26.0 Å². The number of nitrogens with zero attached hydrogens (tertiary/aromatic N) is 3. The SMILES string of the molecule is Cc1noc(C)c1CC(=O)N(C)c1nc2ccccc2s1. The molecule has 3 rings (SSSR count). The Morgan fingerprint density at radius 3 is 2.76 bits per heavy atom. The Labute approximate surface area is 126 Å². The summed E-state index contributed by atoms with van der Waals surface area (Å²) in [6, 6.07) is 7.86. The van der Waals surface area contributed by atoms with Gasteiger partial charge in [0.05, 0.1) is 22.3 Å². The number of fused-ring (bicyclic) bond motifs is 1. The Morgan fingerprint density at radius 1 is 1.33 bits per heavy atom. The van der Waals surface area contributed by atoms with E-state index in [0.717, 1.165) is 21.5 Å². The fourth-order valence-corrected chi connectivity index (χ4v) is 3.08. The van der Waals surface area contributed by atoms with E-state index in [1.807, 2.05) is 38.1 Å². The summed E-state index contributed by atoms with van der Waals surface area (Å²) in [5.41, 5.74) is 2.53. The molecule has 2 heterocycles. The highest BCUT2D eigenvalue weighted by atomic mass is 32.1. The van der Waals surface area contributed by atoms with Crippen molar-refractivity contribution in [3.05, 3.63) is 41.3 Å². The zero-order valence-electron chi connectivity index (χ0n) is 12.1. The van der Waals surface area contributed by atoms with Crippen LogP contribution in [0.4, 0.5) is 5.13 Å². The van der Waals surface area contributed by atoms with E-state index in [9.17, 15) is 4.79 Å². The minimum atomic E-state index is -0.0246. The number of amides is 1. The molecule has 0 aliphatic rings. The molecule has 3 aromatic rings. The Bertz CT molecular complexity index is 754. The lowest BCUT2D eigenvalue weighted by Gasteiger charge is -2.13. The summed E-state index contributed by atoms with van der Waals surface area (Å²) >= 11 is 1.51. The zero-order chi connectivity index (χ0) is 15.0. The van der Waals surface area contributed by atoms with E-state index < -0.39 is 0 Å². The van der Waals surface area contributed by atoms with Crippen LogP contribution < -0.4 is 4.90 Å². The van der Waals surface area contributed by atoms with Gasteiger partial charge in [-0.1, -0.05) is 28.6 Å². The number of para-hydroxylation sites is 1. The van der Waals surface area contributed by atoms with Crippen molar-refractivity contribution in [2.45, 2.75) is 20.3 Å². The number of rotatable bonds is 3. The van der Waals surface area contributed by atoms with Crippen molar-refractivity contribution in [3.63, 3.8) is 0 Å². The molecule has 2 aromatic heterocycles. The zero-order valence-corrected chi connectivity index (χ0v) is 12.9. The molecule has 6 heteroatoms. The predicted octanol–water partition coefficient (Wildman–Crippen LogP) is 3.11. The first-order chi connectivity index (χ1) is 10.1. The van der Waals surface area contributed by atoms with Crippen LogP contribution in [0.15, 0.2) is 28.8 Å². The number of hydrogen-bond donors (Lipinski definition) is 0. The second-order valence-corrected chi connectivity index (χ2v) is 5.91. The summed E-state index contributed by atoms with van der Waals surface area (Å²) in [5.74, 6) is 0.669. The van der Waals surface area contributed by atoms with Crippen molar-refractivity contribution in [1.29, 1.82) is 0 Å². The number of likely N-dealkylation sites (N-methyl/N-ethyl adjacent to an activating group) is 1. The van der Waals surface area contributed by atoms with Gasteiger partial charge in [-0.3, -0.25) is 9.69 Å². The Morgan fingerprint density at radius 2 is 2.10 bits per heavy atom. The van der Waals surface area contributed by atoms with Gasteiger partial charge in [0.1, 0.15) is 5.76 Å². The first kappa shape index (κ1) is 13.8. The van der Waals surface area contributed by atoms with E-state index in [-0.39, 0.29) is 12.3 Å². The maximum Gasteiger partial charge on any atom is 0.233 e. The van der Waals surface area contributed by atoms with Gasteiger partial charge in [-0.2, -0.15) is 0 Å². The van der Waals surface area contributed by atoms with Crippen LogP contribution in [0, 0.1) is 13.8 Å². The lowest BCUT2D eigenvalue weighted by Crippen LogP contribution is -2.28. The Kier molecular flexibility index (Phi) is 3.47. The van der Waals surface area contributed by atoms with Crippen LogP contribution in [-0.2, 0) is 11.2 Å². The van der Waals surface area contributed by atoms with Crippen LogP contribution in [0.5, 0.6) is 0 Å². The average molecular weight is 301 g/mol. The molecule has 1 aromatic carbocycles. The van der Waals surface area contributed by atoms with Gasteiger partial charge in [0.25, 0.3) is 0 Å². The third kappa shape index (κ3) is 2.54. The van der Waals surface area contributed by atoms with Crippen molar-refractivity contribution in [1.82, 2.24) is 10.1 Å². The topological polar surface area (TPSA) is 59.2 Å². The van der Waals surface area contributed by atoms with E-state index in [4.69, 9.17) is 4.52 Å². The van der Waals surface area contributed by atoms with Crippen molar-refractivity contribution < 1.29 is 9.32 Å². The molecule has 0 fully saturated rings. The van der Waals surface area contributed by atoms with Crippen LogP contribution in [0.3, 0.4) is 0 Å². The molecule has 0 N–H and O–H groups in total. The second kappa shape index (κ2) is 5.29. The highest BCUT2D eigenvalue weighted by molar-refractivity contribution is 7.22. The van der Waals surface area contributed by atoms with Gasteiger partial charge in [-0.15, -0.1) is 0 Å². The number of anilines is 1. The molecule has 0 atom stereocenters. The predicted molar refractivity (Wildman–Crippen MR) is 82.7 cm³/mol. The summed E-state index contributed by atoms with van der Waals surface area (Å²) in [6.45, 7) is 3.66. The molecule has 0 radical (unpaired) electrons. The Balaban J connectivity index is 1.84. The molecule has 0 saturated heterocycles. The molecule has 1 amide bonds. The van der Waals surface area contributed by atoms with Crippen LogP contribution in [0.1, 0.15) is 17.0 Å². The molecule has 0 unspecified atom stereocenters. The lowest BCUT2D eigenvalue weighted by atomic mass is 10.1. The van der Waals surface area contributed by atoms with Gasteiger partial charge < -0.3 is 4.52 Å². The fourth-order valence-electron chi connectivity index (χ4n) is 2.13. The molecule has 21 heavy (non-hydrogen) atoms. The number of hydrogen-bond acceptors (Lipinski definition) is 5. The highest BCUT2D eigenvalue weighted by Crippen LogP contribution is 2.28. The van der Waals surface area contributed by atoms with Gasteiger partial charge in [0.2, 0.25) is 5.91 Å². The monoisotopic (exact) mass is 301 g/mol. The number of carbonyl (C=O) groups excluding carboxylic acids is 1. The number of thiazole rings is 1. The van der Waals surface area contributed by atoms with Gasteiger partial charge in [0, 0.05) is 12.6 Å². The third-order valence-electron chi connectivity index (χ3n) is 3.45. The second-order valence-electron chi connectivity index (χ2n) is 4.90. The fraction of sp³-hybridized carbons (Fsp3) is 0.267. The summed E-state index contributed by atoms with van der Waals surface area (Å²) in [5, 5.41) is 4.58. The lowest BCUT2D eigenvalue weighted by molar-refractivity contribution is -0.117. The van der Waals surface area contributed by atoms with E-state index >= 15 is 0 Å². The van der Waals surface area contributed by atoms with Gasteiger partial charge in [-0.25, -0.2) is 4.98 Å². The summed E-state index contributed by atoms with van der Waals surface area (Å²) in [6.07, 6.45) is 0.271. The van der Waals surface area contributed by atoms with Gasteiger partial charge >= 0.3 is 0 Å². The number of aromatic nitrogens is 2. The van der Waals surface area contributed by atoms with Crippen LogP contribution in [-0.4, -0.2) is 23.1 Å².